The van der Waals surface area contributed by atoms with Crippen molar-refractivity contribution in [1.29, 1.82) is 0 Å². The van der Waals surface area contributed by atoms with E-state index in [-0.39, 0.29) is 0 Å². The van der Waals surface area contributed by atoms with Gasteiger partial charge in [0.25, 0.3) is 0 Å². The molecular formula is C12H27NSSi. The van der Waals surface area contributed by atoms with Crippen LogP contribution in [0.3, 0.4) is 0 Å². The molecule has 0 fully saturated rings. The first kappa shape index (κ1) is 15.2. The second-order valence-corrected chi connectivity index (χ2v) is 14.4. The standard InChI is InChI=1S/C12H27NSSi/c1-6-8-10-13-11-9-12(7-2)14-15(3,4)5/h10,12H,6-9,11H2,1-5H3/b13-10+. The topological polar surface area (TPSA) is 12.4 Å². The molecule has 0 spiro atoms. The van der Waals surface area contributed by atoms with Crippen LogP contribution in [0.5, 0.6) is 0 Å². The SMILES string of the molecule is CCC/C=N/CCC(CC)S[Si](C)(C)C. The molecule has 0 aliphatic heterocycles. The lowest BCUT2D eigenvalue weighted by Gasteiger charge is -2.22. The predicted molar refractivity (Wildman–Crippen MR) is 77.9 cm³/mol. The van der Waals surface area contributed by atoms with Gasteiger partial charge in [-0.25, -0.2) is 0 Å². The summed E-state index contributed by atoms with van der Waals surface area (Å²) in [5.41, 5.74) is 0. The summed E-state index contributed by atoms with van der Waals surface area (Å²) in [6.45, 7) is 12.8. The maximum atomic E-state index is 4.46. The highest BCUT2D eigenvalue weighted by atomic mass is 32.4. The Bertz CT molecular complexity index is 175. The van der Waals surface area contributed by atoms with Gasteiger partial charge in [-0.2, -0.15) is 11.2 Å². The van der Waals surface area contributed by atoms with Gasteiger partial charge in [-0.3, -0.25) is 4.99 Å². The van der Waals surface area contributed by atoms with Crippen LogP contribution in [-0.2, 0) is 0 Å². The Balaban J connectivity index is 3.71. The molecular weight excluding hydrogens is 218 g/mol. The van der Waals surface area contributed by atoms with Crippen LogP contribution in [0.25, 0.3) is 0 Å². The van der Waals surface area contributed by atoms with Crippen molar-refractivity contribution in [3.05, 3.63) is 0 Å². The molecule has 0 heterocycles. The molecule has 0 aromatic rings. The van der Waals surface area contributed by atoms with E-state index in [2.05, 4.69) is 55.9 Å². The van der Waals surface area contributed by atoms with Crippen LogP contribution < -0.4 is 0 Å². The Morgan fingerprint density at radius 1 is 1.27 bits per heavy atom. The van der Waals surface area contributed by atoms with E-state index in [9.17, 15) is 0 Å². The summed E-state index contributed by atoms with van der Waals surface area (Å²) >= 11 is 2.23. The van der Waals surface area contributed by atoms with E-state index in [1.165, 1.54) is 19.3 Å². The molecule has 0 N–H and O–H groups in total. The molecule has 0 aromatic heterocycles. The fourth-order valence-corrected chi connectivity index (χ4v) is 6.62. The number of nitrogens with zero attached hydrogens (tertiary/aromatic N) is 1. The Labute approximate surface area is 101 Å². The maximum Gasteiger partial charge on any atom is 0.108 e. The number of hydrogen-bond donors (Lipinski definition) is 0. The number of rotatable bonds is 8. The van der Waals surface area contributed by atoms with Crippen molar-refractivity contribution in [2.45, 2.75) is 64.4 Å². The van der Waals surface area contributed by atoms with Crippen molar-refractivity contribution in [2.75, 3.05) is 6.54 Å². The number of unbranched alkanes of at least 4 members (excludes halogenated alkanes) is 1. The van der Waals surface area contributed by atoms with Crippen LogP contribution in [0.4, 0.5) is 0 Å². The van der Waals surface area contributed by atoms with Crippen molar-refractivity contribution in [3.63, 3.8) is 0 Å². The molecule has 0 saturated carbocycles. The Kier molecular flexibility index (Phi) is 8.53. The van der Waals surface area contributed by atoms with Gasteiger partial charge in [0, 0.05) is 11.8 Å². The Morgan fingerprint density at radius 3 is 2.40 bits per heavy atom. The molecule has 0 bridgehead atoms. The quantitative estimate of drug-likeness (QED) is 0.450. The van der Waals surface area contributed by atoms with Gasteiger partial charge in [-0.15, -0.1) is 0 Å². The summed E-state index contributed by atoms with van der Waals surface area (Å²) in [4.78, 5) is 4.46. The second kappa shape index (κ2) is 8.40. The van der Waals surface area contributed by atoms with Crippen molar-refractivity contribution >= 4 is 24.6 Å². The lowest BCUT2D eigenvalue weighted by atomic mass is 10.2. The lowest BCUT2D eigenvalue weighted by molar-refractivity contribution is 0.749. The highest BCUT2D eigenvalue weighted by molar-refractivity contribution is 8.29. The molecule has 0 rings (SSSR count). The third kappa shape index (κ3) is 10.5. The zero-order chi connectivity index (χ0) is 11.7. The summed E-state index contributed by atoms with van der Waals surface area (Å²) in [5.74, 6) is 0. The molecule has 90 valence electrons. The van der Waals surface area contributed by atoms with E-state index in [0.29, 0.717) is 0 Å². The molecule has 0 radical (unpaired) electrons. The highest BCUT2D eigenvalue weighted by Gasteiger charge is 2.19. The summed E-state index contributed by atoms with van der Waals surface area (Å²) in [5, 5.41) is 0.829. The molecule has 3 heteroatoms. The Morgan fingerprint density at radius 2 is 1.93 bits per heavy atom. The van der Waals surface area contributed by atoms with Crippen LogP contribution in [0.1, 0.15) is 39.5 Å². The summed E-state index contributed by atoms with van der Waals surface area (Å²) < 4.78 is 0. The summed E-state index contributed by atoms with van der Waals surface area (Å²) in [6, 6.07) is 0. The number of hydrogen-bond acceptors (Lipinski definition) is 2. The third-order valence-corrected chi connectivity index (χ3v) is 6.83. The molecule has 1 unspecified atom stereocenters. The van der Waals surface area contributed by atoms with Crippen LogP contribution in [0.2, 0.25) is 19.6 Å². The third-order valence-electron chi connectivity index (χ3n) is 2.10. The average Bonchev–Trinajstić information content (AvgIpc) is 2.14. The lowest BCUT2D eigenvalue weighted by Crippen LogP contribution is -2.20. The van der Waals surface area contributed by atoms with Gasteiger partial charge in [0.2, 0.25) is 0 Å². The zero-order valence-corrected chi connectivity index (χ0v) is 12.9. The summed E-state index contributed by atoms with van der Waals surface area (Å²) in [7, 11) is -0.952. The minimum Gasteiger partial charge on any atom is -0.297 e. The first-order valence-corrected chi connectivity index (χ1v) is 11.3. The smallest absolute Gasteiger partial charge is 0.108 e. The van der Waals surface area contributed by atoms with E-state index in [4.69, 9.17) is 0 Å². The van der Waals surface area contributed by atoms with Gasteiger partial charge in [0.1, 0.15) is 7.22 Å². The van der Waals surface area contributed by atoms with Crippen LogP contribution in [-0.4, -0.2) is 25.2 Å². The van der Waals surface area contributed by atoms with E-state index in [1.54, 1.807) is 0 Å². The van der Waals surface area contributed by atoms with Gasteiger partial charge in [0.15, 0.2) is 0 Å². The van der Waals surface area contributed by atoms with E-state index in [0.717, 1.165) is 18.2 Å². The second-order valence-electron chi connectivity index (χ2n) is 4.93. The fourth-order valence-electron chi connectivity index (χ4n) is 1.38. The zero-order valence-electron chi connectivity index (χ0n) is 11.0. The summed E-state index contributed by atoms with van der Waals surface area (Å²) in [6.07, 6.45) is 6.98. The molecule has 0 aromatic carbocycles. The average molecular weight is 246 g/mol. The molecule has 1 atom stereocenters. The molecule has 0 saturated heterocycles. The molecule has 0 aliphatic carbocycles. The molecule has 1 nitrogen and oxygen atoms in total. The number of aliphatic imine (C=N–C) groups is 1. The van der Waals surface area contributed by atoms with E-state index in [1.807, 2.05) is 0 Å². The van der Waals surface area contributed by atoms with Crippen molar-refractivity contribution in [1.82, 2.24) is 0 Å². The normalized spacial score (nSPS) is 14.7. The largest absolute Gasteiger partial charge is 0.297 e. The van der Waals surface area contributed by atoms with Gasteiger partial charge in [0.05, 0.1) is 0 Å². The molecule has 0 aliphatic rings. The van der Waals surface area contributed by atoms with Crippen molar-refractivity contribution in [2.24, 2.45) is 4.99 Å². The molecule has 0 amide bonds. The van der Waals surface area contributed by atoms with E-state index >= 15 is 0 Å². The van der Waals surface area contributed by atoms with E-state index < -0.39 is 7.22 Å². The Hall–Kier alpha value is 0.237. The molecule has 15 heavy (non-hydrogen) atoms. The fraction of sp³-hybridized carbons (Fsp3) is 0.917. The van der Waals surface area contributed by atoms with Gasteiger partial charge < -0.3 is 0 Å². The first-order valence-electron chi connectivity index (χ1n) is 6.15. The minimum absolute atomic E-state index is 0.829. The van der Waals surface area contributed by atoms with Crippen LogP contribution >= 0.6 is 11.2 Å². The van der Waals surface area contributed by atoms with Gasteiger partial charge in [-0.1, -0.05) is 39.9 Å². The van der Waals surface area contributed by atoms with Crippen molar-refractivity contribution < 1.29 is 0 Å². The predicted octanol–water partition coefficient (Wildman–Crippen LogP) is 4.59. The van der Waals surface area contributed by atoms with Gasteiger partial charge >= 0.3 is 0 Å². The highest BCUT2D eigenvalue weighted by Crippen LogP contribution is 2.28. The monoisotopic (exact) mass is 245 g/mol. The van der Waals surface area contributed by atoms with Gasteiger partial charge in [-0.05, 0) is 25.5 Å². The maximum absolute atomic E-state index is 4.46. The van der Waals surface area contributed by atoms with Crippen LogP contribution in [0.15, 0.2) is 4.99 Å². The first-order chi connectivity index (χ1) is 6.99. The van der Waals surface area contributed by atoms with Crippen molar-refractivity contribution in [3.8, 4) is 0 Å². The van der Waals surface area contributed by atoms with Crippen LogP contribution in [0, 0.1) is 0 Å². The minimum atomic E-state index is -0.952.